The molecule has 1 aromatic carbocycles. The Hall–Kier alpha value is -1.10. The molecule has 5 heteroatoms. The van der Waals surface area contributed by atoms with Crippen molar-refractivity contribution in [3.63, 3.8) is 0 Å². The van der Waals surface area contributed by atoms with Crippen molar-refractivity contribution in [2.45, 2.75) is 25.5 Å². The molecule has 1 amide bonds. The monoisotopic (exact) mass is 283 g/mol. The van der Waals surface area contributed by atoms with Gasteiger partial charge in [-0.15, -0.1) is 0 Å². The summed E-state index contributed by atoms with van der Waals surface area (Å²) < 4.78 is 5.28. The third kappa shape index (κ3) is 2.76. The SMILES string of the molecule is CO[C@@H]1C[C@@H](CO)N(C(=O)c2cccc(Cl)c2C)C1. The summed E-state index contributed by atoms with van der Waals surface area (Å²) in [5.74, 6) is -0.0985. The third-order valence-corrected chi connectivity index (χ3v) is 4.09. The van der Waals surface area contributed by atoms with E-state index in [1.54, 1.807) is 30.2 Å². The van der Waals surface area contributed by atoms with Crippen molar-refractivity contribution in [2.75, 3.05) is 20.3 Å². The van der Waals surface area contributed by atoms with Crippen LogP contribution in [0.1, 0.15) is 22.3 Å². The number of aliphatic hydroxyl groups excluding tert-OH is 1. The molecule has 1 N–H and O–H groups in total. The van der Waals surface area contributed by atoms with E-state index in [-0.39, 0.29) is 24.7 Å². The molecule has 0 unspecified atom stereocenters. The van der Waals surface area contributed by atoms with Gasteiger partial charge in [0.2, 0.25) is 0 Å². The van der Waals surface area contributed by atoms with Crippen LogP contribution in [-0.4, -0.2) is 48.3 Å². The number of ether oxygens (including phenoxy) is 1. The molecule has 0 spiro atoms. The summed E-state index contributed by atoms with van der Waals surface area (Å²) in [6.07, 6.45) is 0.652. The van der Waals surface area contributed by atoms with E-state index >= 15 is 0 Å². The smallest absolute Gasteiger partial charge is 0.254 e. The highest BCUT2D eigenvalue weighted by Gasteiger charge is 2.35. The first-order valence-electron chi connectivity index (χ1n) is 6.28. The minimum absolute atomic E-state index is 0.0133. The van der Waals surface area contributed by atoms with Gasteiger partial charge in [0.15, 0.2) is 0 Å². The van der Waals surface area contributed by atoms with Crippen LogP contribution in [0.3, 0.4) is 0 Å². The van der Waals surface area contributed by atoms with Crippen LogP contribution in [0, 0.1) is 6.92 Å². The standard InChI is InChI=1S/C14H18ClNO3/c1-9-12(4-3-5-13(9)15)14(18)16-7-11(19-2)6-10(16)8-17/h3-5,10-11,17H,6-8H2,1-2H3/t10-,11+/m0/s1. The topological polar surface area (TPSA) is 49.8 Å². The van der Waals surface area contributed by atoms with E-state index in [0.717, 1.165) is 5.56 Å². The lowest BCUT2D eigenvalue weighted by Crippen LogP contribution is -2.38. The largest absolute Gasteiger partial charge is 0.394 e. The van der Waals surface area contributed by atoms with Crippen LogP contribution in [0.25, 0.3) is 0 Å². The van der Waals surface area contributed by atoms with E-state index in [1.807, 2.05) is 6.92 Å². The van der Waals surface area contributed by atoms with Crippen LogP contribution >= 0.6 is 11.6 Å². The van der Waals surface area contributed by atoms with Gasteiger partial charge in [0.25, 0.3) is 5.91 Å². The lowest BCUT2D eigenvalue weighted by atomic mass is 10.1. The van der Waals surface area contributed by atoms with Crippen molar-refractivity contribution < 1.29 is 14.6 Å². The van der Waals surface area contributed by atoms with Gasteiger partial charge < -0.3 is 14.7 Å². The number of carbonyl (C=O) groups is 1. The van der Waals surface area contributed by atoms with Gasteiger partial charge in [-0.2, -0.15) is 0 Å². The van der Waals surface area contributed by atoms with Gasteiger partial charge in [0.1, 0.15) is 0 Å². The van der Waals surface area contributed by atoms with E-state index in [9.17, 15) is 9.90 Å². The third-order valence-electron chi connectivity index (χ3n) is 3.68. The zero-order valence-electron chi connectivity index (χ0n) is 11.1. The summed E-state index contributed by atoms with van der Waals surface area (Å²) in [6, 6.07) is 5.10. The molecule has 19 heavy (non-hydrogen) atoms. The second-order valence-electron chi connectivity index (χ2n) is 4.80. The zero-order chi connectivity index (χ0) is 14.0. The summed E-state index contributed by atoms with van der Waals surface area (Å²) in [6.45, 7) is 2.28. The zero-order valence-corrected chi connectivity index (χ0v) is 11.9. The van der Waals surface area contributed by atoms with Crippen molar-refractivity contribution in [2.24, 2.45) is 0 Å². The van der Waals surface area contributed by atoms with E-state index in [2.05, 4.69) is 0 Å². The molecule has 1 fully saturated rings. The predicted octanol–water partition coefficient (Wildman–Crippen LogP) is 1.87. The number of rotatable bonds is 3. The van der Waals surface area contributed by atoms with Crippen LogP contribution in [0.4, 0.5) is 0 Å². The number of amides is 1. The molecule has 1 aromatic rings. The number of hydrogen-bond acceptors (Lipinski definition) is 3. The highest BCUT2D eigenvalue weighted by molar-refractivity contribution is 6.31. The Morgan fingerprint density at radius 3 is 2.95 bits per heavy atom. The number of methoxy groups -OCH3 is 1. The number of aliphatic hydroxyl groups is 1. The highest BCUT2D eigenvalue weighted by Crippen LogP contribution is 2.25. The molecule has 104 valence electrons. The van der Waals surface area contributed by atoms with Gasteiger partial charge in [-0.25, -0.2) is 0 Å². The second-order valence-corrected chi connectivity index (χ2v) is 5.21. The van der Waals surface area contributed by atoms with Gasteiger partial charge in [-0.05, 0) is 31.0 Å². The lowest BCUT2D eigenvalue weighted by molar-refractivity contribution is 0.0647. The first kappa shape index (κ1) is 14.3. The molecule has 2 atom stereocenters. The quantitative estimate of drug-likeness (QED) is 0.921. The van der Waals surface area contributed by atoms with Gasteiger partial charge >= 0.3 is 0 Å². The lowest BCUT2D eigenvalue weighted by Gasteiger charge is -2.23. The number of likely N-dealkylation sites (tertiary alicyclic amines) is 1. The number of benzene rings is 1. The molecule has 1 saturated heterocycles. The van der Waals surface area contributed by atoms with Crippen LogP contribution in [0.2, 0.25) is 5.02 Å². The minimum atomic E-state index is -0.184. The summed E-state index contributed by atoms with van der Waals surface area (Å²) in [4.78, 5) is 14.2. The predicted molar refractivity (Wildman–Crippen MR) is 73.5 cm³/mol. The average molecular weight is 284 g/mol. The Balaban J connectivity index is 2.26. The van der Waals surface area contributed by atoms with Gasteiger partial charge in [0.05, 0.1) is 18.8 Å². The number of halogens is 1. The molecule has 2 rings (SSSR count). The van der Waals surface area contributed by atoms with E-state index < -0.39 is 0 Å². The maximum absolute atomic E-state index is 12.6. The number of carbonyl (C=O) groups excluding carboxylic acids is 1. The molecule has 0 saturated carbocycles. The summed E-state index contributed by atoms with van der Waals surface area (Å²) in [5, 5.41) is 9.97. The second kappa shape index (κ2) is 5.90. The van der Waals surface area contributed by atoms with Crippen LogP contribution < -0.4 is 0 Å². The van der Waals surface area contributed by atoms with Gasteiger partial charge in [-0.1, -0.05) is 17.7 Å². The van der Waals surface area contributed by atoms with Gasteiger partial charge in [-0.3, -0.25) is 4.79 Å². The fourth-order valence-electron chi connectivity index (χ4n) is 2.46. The molecule has 1 aliphatic heterocycles. The highest BCUT2D eigenvalue weighted by atomic mass is 35.5. The summed E-state index contributed by atoms with van der Waals surface area (Å²) >= 11 is 6.05. The molecule has 1 aliphatic rings. The first-order chi connectivity index (χ1) is 9.08. The Morgan fingerprint density at radius 1 is 1.58 bits per heavy atom. The molecule has 0 aliphatic carbocycles. The molecule has 0 bridgehead atoms. The summed E-state index contributed by atoms with van der Waals surface area (Å²) in [7, 11) is 1.62. The molecular formula is C14H18ClNO3. The first-order valence-corrected chi connectivity index (χ1v) is 6.66. The van der Waals surface area contributed by atoms with Crippen LogP contribution in [-0.2, 0) is 4.74 Å². The fourth-order valence-corrected chi connectivity index (χ4v) is 2.63. The Bertz CT molecular complexity index is 478. The Labute approximate surface area is 117 Å². The molecule has 4 nitrogen and oxygen atoms in total. The van der Waals surface area contributed by atoms with Crippen LogP contribution in [0.5, 0.6) is 0 Å². The average Bonchev–Trinajstić information content (AvgIpc) is 2.84. The normalized spacial score (nSPS) is 22.8. The van der Waals surface area contributed by atoms with Crippen molar-refractivity contribution in [3.05, 3.63) is 34.3 Å². The van der Waals surface area contributed by atoms with E-state index in [4.69, 9.17) is 16.3 Å². The molecule has 1 heterocycles. The maximum atomic E-state index is 12.6. The Kier molecular flexibility index (Phi) is 4.45. The maximum Gasteiger partial charge on any atom is 0.254 e. The Morgan fingerprint density at radius 2 is 2.32 bits per heavy atom. The molecule has 0 aromatic heterocycles. The number of nitrogens with zero attached hydrogens (tertiary/aromatic N) is 1. The van der Waals surface area contributed by atoms with E-state index in [0.29, 0.717) is 23.6 Å². The van der Waals surface area contributed by atoms with Crippen LogP contribution in [0.15, 0.2) is 18.2 Å². The molecule has 0 radical (unpaired) electrons. The van der Waals surface area contributed by atoms with Crippen molar-refractivity contribution in [3.8, 4) is 0 Å². The van der Waals surface area contributed by atoms with E-state index in [1.165, 1.54) is 0 Å². The summed E-state index contributed by atoms with van der Waals surface area (Å²) in [5.41, 5.74) is 1.36. The van der Waals surface area contributed by atoms with Gasteiger partial charge in [0, 0.05) is 24.2 Å². The van der Waals surface area contributed by atoms with Crippen molar-refractivity contribution in [1.29, 1.82) is 0 Å². The number of hydrogen-bond donors (Lipinski definition) is 1. The molecular weight excluding hydrogens is 266 g/mol. The van der Waals surface area contributed by atoms with Crippen molar-refractivity contribution in [1.82, 2.24) is 4.90 Å². The van der Waals surface area contributed by atoms with Crippen molar-refractivity contribution >= 4 is 17.5 Å². The fraction of sp³-hybridized carbons (Fsp3) is 0.500. The minimum Gasteiger partial charge on any atom is -0.394 e.